The number of hydrogen-bond acceptors (Lipinski definition) is 6. The van der Waals surface area contributed by atoms with Gasteiger partial charge in [0, 0.05) is 13.1 Å². The van der Waals surface area contributed by atoms with Crippen molar-refractivity contribution in [3.63, 3.8) is 0 Å². The summed E-state index contributed by atoms with van der Waals surface area (Å²) in [5, 5.41) is 10.1. The third kappa shape index (κ3) is 3.91. The van der Waals surface area contributed by atoms with Gasteiger partial charge in [-0.3, -0.25) is 0 Å². The molecule has 0 aromatic carbocycles. The number of ether oxygens (including phenoxy) is 1. The number of aromatic nitrogens is 3. The lowest BCUT2D eigenvalue weighted by Crippen LogP contribution is -2.43. The van der Waals surface area contributed by atoms with E-state index in [9.17, 15) is 5.11 Å². The molecule has 1 N–H and O–H groups in total. The van der Waals surface area contributed by atoms with E-state index in [1.54, 1.807) is 0 Å². The SMILES string of the molecule is CCCOc1nc(Cl)nc(N2CCC(C)(O)CC2)n1. The van der Waals surface area contributed by atoms with Gasteiger partial charge in [-0.15, -0.1) is 0 Å². The van der Waals surface area contributed by atoms with Crippen LogP contribution in [-0.4, -0.2) is 45.4 Å². The van der Waals surface area contributed by atoms with Gasteiger partial charge in [-0.2, -0.15) is 15.0 Å². The van der Waals surface area contributed by atoms with Gasteiger partial charge >= 0.3 is 6.01 Å². The summed E-state index contributed by atoms with van der Waals surface area (Å²) in [7, 11) is 0. The van der Waals surface area contributed by atoms with E-state index in [0.717, 1.165) is 6.42 Å². The molecule has 1 aromatic rings. The highest BCUT2D eigenvalue weighted by Crippen LogP contribution is 2.25. The van der Waals surface area contributed by atoms with Crippen molar-refractivity contribution in [3.8, 4) is 6.01 Å². The Balaban J connectivity index is 2.09. The van der Waals surface area contributed by atoms with Gasteiger partial charge in [0.25, 0.3) is 0 Å². The van der Waals surface area contributed by atoms with Crippen LogP contribution in [0.5, 0.6) is 6.01 Å². The molecule has 0 radical (unpaired) electrons. The number of rotatable bonds is 4. The van der Waals surface area contributed by atoms with Crippen LogP contribution in [0.15, 0.2) is 0 Å². The fourth-order valence-electron chi connectivity index (χ4n) is 1.91. The van der Waals surface area contributed by atoms with Crippen LogP contribution < -0.4 is 9.64 Å². The number of nitrogens with zero attached hydrogens (tertiary/aromatic N) is 4. The molecule has 7 heteroatoms. The van der Waals surface area contributed by atoms with Crippen molar-refractivity contribution in [2.24, 2.45) is 0 Å². The minimum Gasteiger partial charge on any atom is -0.463 e. The van der Waals surface area contributed by atoms with Crippen molar-refractivity contribution in [1.29, 1.82) is 0 Å². The van der Waals surface area contributed by atoms with E-state index >= 15 is 0 Å². The Morgan fingerprint density at radius 2 is 2.00 bits per heavy atom. The van der Waals surface area contributed by atoms with Crippen LogP contribution in [-0.2, 0) is 0 Å². The molecule has 1 aromatic heterocycles. The number of anilines is 1. The maximum Gasteiger partial charge on any atom is 0.322 e. The first-order chi connectivity index (χ1) is 9.00. The fraction of sp³-hybridized carbons (Fsp3) is 0.750. The van der Waals surface area contributed by atoms with Crippen molar-refractivity contribution in [2.45, 2.75) is 38.7 Å². The van der Waals surface area contributed by atoms with Crippen molar-refractivity contribution < 1.29 is 9.84 Å². The van der Waals surface area contributed by atoms with Crippen LogP contribution in [0.3, 0.4) is 0 Å². The molecule has 0 atom stereocenters. The van der Waals surface area contributed by atoms with E-state index in [4.69, 9.17) is 16.3 Å². The molecule has 1 aliphatic rings. The first kappa shape index (κ1) is 14.3. The monoisotopic (exact) mass is 286 g/mol. The average Bonchev–Trinajstić information content (AvgIpc) is 2.35. The second-order valence-corrected chi connectivity index (χ2v) is 5.36. The zero-order valence-electron chi connectivity index (χ0n) is 11.3. The molecule has 0 saturated carbocycles. The lowest BCUT2D eigenvalue weighted by molar-refractivity contribution is 0.0348. The van der Waals surface area contributed by atoms with Crippen LogP contribution in [0.1, 0.15) is 33.1 Å². The van der Waals surface area contributed by atoms with E-state index in [2.05, 4.69) is 15.0 Å². The van der Waals surface area contributed by atoms with Crippen LogP contribution in [0.2, 0.25) is 5.28 Å². The van der Waals surface area contributed by atoms with Crippen molar-refractivity contribution in [2.75, 3.05) is 24.6 Å². The highest BCUT2D eigenvalue weighted by atomic mass is 35.5. The maximum atomic E-state index is 9.93. The Morgan fingerprint density at radius 3 is 2.63 bits per heavy atom. The first-order valence-corrected chi connectivity index (χ1v) is 6.90. The molecule has 1 fully saturated rings. The topological polar surface area (TPSA) is 71.4 Å². The summed E-state index contributed by atoms with van der Waals surface area (Å²) in [5.41, 5.74) is -0.602. The molecule has 1 saturated heterocycles. The van der Waals surface area contributed by atoms with Crippen LogP contribution in [0.25, 0.3) is 0 Å². The predicted molar refractivity (Wildman–Crippen MR) is 72.7 cm³/mol. The molecule has 106 valence electrons. The van der Waals surface area contributed by atoms with Gasteiger partial charge in [0.15, 0.2) is 0 Å². The van der Waals surface area contributed by atoms with E-state index in [-0.39, 0.29) is 11.3 Å². The summed E-state index contributed by atoms with van der Waals surface area (Å²) in [6.45, 7) is 5.80. The second kappa shape index (κ2) is 5.88. The van der Waals surface area contributed by atoms with E-state index in [0.29, 0.717) is 38.5 Å². The zero-order valence-corrected chi connectivity index (χ0v) is 12.0. The molecule has 1 aliphatic heterocycles. The van der Waals surface area contributed by atoms with Gasteiger partial charge in [-0.05, 0) is 37.8 Å². The molecular formula is C12H19ClN4O2. The molecule has 0 bridgehead atoms. The Bertz CT molecular complexity index is 432. The minimum absolute atomic E-state index is 0.133. The molecule has 0 aliphatic carbocycles. The predicted octanol–water partition coefficient (Wildman–Crippen LogP) is 1.66. The van der Waals surface area contributed by atoms with Crippen LogP contribution in [0, 0.1) is 0 Å². The summed E-state index contributed by atoms with van der Waals surface area (Å²) in [6, 6.07) is 0.259. The molecule has 0 spiro atoms. The third-order valence-electron chi connectivity index (χ3n) is 3.13. The maximum absolute atomic E-state index is 9.93. The van der Waals surface area contributed by atoms with Gasteiger partial charge < -0.3 is 14.7 Å². The van der Waals surface area contributed by atoms with E-state index in [1.165, 1.54) is 0 Å². The summed E-state index contributed by atoms with van der Waals surface area (Å²) in [5.74, 6) is 0.515. The Kier molecular flexibility index (Phi) is 4.42. The molecule has 6 nitrogen and oxygen atoms in total. The largest absolute Gasteiger partial charge is 0.463 e. The Hall–Kier alpha value is -1.14. The normalized spacial score (nSPS) is 18.4. The minimum atomic E-state index is -0.602. The molecule has 2 rings (SSSR count). The van der Waals surface area contributed by atoms with E-state index < -0.39 is 5.60 Å². The number of halogens is 1. The first-order valence-electron chi connectivity index (χ1n) is 6.52. The number of piperidine rings is 1. The smallest absolute Gasteiger partial charge is 0.322 e. The fourth-order valence-corrected chi connectivity index (χ4v) is 2.06. The molecule has 0 amide bonds. The highest BCUT2D eigenvalue weighted by molar-refractivity contribution is 6.28. The lowest BCUT2D eigenvalue weighted by atomic mass is 9.94. The van der Waals surface area contributed by atoms with Crippen molar-refractivity contribution >= 4 is 17.5 Å². The molecule has 19 heavy (non-hydrogen) atoms. The standard InChI is InChI=1S/C12H19ClN4O2/c1-3-8-19-11-15-9(13)14-10(16-11)17-6-4-12(2,18)5-7-17/h18H,3-8H2,1-2H3. The van der Waals surface area contributed by atoms with Crippen LogP contribution >= 0.6 is 11.6 Å². The summed E-state index contributed by atoms with van der Waals surface area (Å²) >= 11 is 5.89. The second-order valence-electron chi connectivity index (χ2n) is 5.02. The zero-order chi connectivity index (χ0) is 13.9. The molecule has 0 unspecified atom stereocenters. The summed E-state index contributed by atoms with van der Waals surface area (Å²) in [4.78, 5) is 14.3. The Morgan fingerprint density at radius 1 is 1.32 bits per heavy atom. The number of hydrogen-bond donors (Lipinski definition) is 1. The number of aliphatic hydroxyl groups is 1. The van der Waals surface area contributed by atoms with Crippen molar-refractivity contribution in [1.82, 2.24) is 15.0 Å². The molecule has 2 heterocycles. The Labute approximate surface area is 117 Å². The van der Waals surface area contributed by atoms with Gasteiger partial charge in [-0.1, -0.05) is 6.92 Å². The summed E-state index contributed by atoms with van der Waals surface area (Å²) in [6.07, 6.45) is 2.24. The summed E-state index contributed by atoms with van der Waals surface area (Å²) < 4.78 is 5.39. The van der Waals surface area contributed by atoms with Gasteiger partial charge in [-0.25, -0.2) is 0 Å². The van der Waals surface area contributed by atoms with Gasteiger partial charge in [0.1, 0.15) is 0 Å². The lowest BCUT2D eigenvalue weighted by Gasteiger charge is -2.35. The third-order valence-corrected chi connectivity index (χ3v) is 3.30. The molecular weight excluding hydrogens is 268 g/mol. The average molecular weight is 287 g/mol. The van der Waals surface area contributed by atoms with Crippen molar-refractivity contribution in [3.05, 3.63) is 5.28 Å². The quantitative estimate of drug-likeness (QED) is 0.908. The van der Waals surface area contributed by atoms with Crippen LogP contribution in [0.4, 0.5) is 5.95 Å². The highest BCUT2D eigenvalue weighted by Gasteiger charge is 2.28. The van der Waals surface area contributed by atoms with E-state index in [1.807, 2.05) is 18.7 Å². The van der Waals surface area contributed by atoms with Gasteiger partial charge in [0.2, 0.25) is 11.2 Å². The van der Waals surface area contributed by atoms with Gasteiger partial charge in [0.05, 0.1) is 12.2 Å².